The van der Waals surface area contributed by atoms with Crippen LogP contribution in [0.1, 0.15) is 31.4 Å². The van der Waals surface area contributed by atoms with Gasteiger partial charge in [0.1, 0.15) is 12.4 Å². The number of amides is 2. The molecule has 0 spiro atoms. The quantitative estimate of drug-likeness (QED) is 0.645. The Morgan fingerprint density at radius 1 is 1.30 bits per heavy atom. The number of likely N-dealkylation sites (N-methyl/N-ethyl adjacent to an activating group) is 1. The van der Waals surface area contributed by atoms with Gasteiger partial charge in [-0.25, -0.2) is 0 Å². The van der Waals surface area contributed by atoms with Crippen LogP contribution in [-0.4, -0.2) is 74.3 Å². The lowest BCUT2D eigenvalue weighted by Crippen LogP contribution is -2.55. The molecule has 2 amide bonds. The summed E-state index contributed by atoms with van der Waals surface area (Å²) in [5.74, 6) is 0.546. The van der Waals surface area contributed by atoms with Crippen LogP contribution in [0.3, 0.4) is 0 Å². The number of nitrogens with zero attached hydrogens (tertiary/aromatic N) is 2. The van der Waals surface area contributed by atoms with Crippen molar-refractivity contribution in [2.75, 3.05) is 40.5 Å². The van der Waals surface area contributed by atoms with Crippen LogP contribution in [-0.2, 0) is 19.1 Å². The molecule has 2 fully saturated rings. The molecule has 1 aliphatic heterocycles. The lowest BCUT2D eigenvalue weighted by molar-refractivity contribution is -0.170. The molecule has 148 valence electrons. The number of hydrogen-bond donors (Lipinski definition) is 0. The van der Waals surface area contributed by atoms with E-state index in [4.69, 9.17) is 14.2 Å². The van der Waals surface area contributed by atoms with Crippen LogP contribution in [0.25, 0.3) is 0 Å². The van der Waals surface area contributed by atoms with E-state index in [1.165, 1.54) is 0 Å². The van der Waals surface area contributed by atoms with Gasteiger partial charge in [-0.15, -0.1) is 0 Å². The molecule has 0 aromatic heterocycles. The lowest BCUT2D eigenvalue weighted by Gasteiger charge is -2.42. The zero-order valence-corrected chi connectivity index (χ0v) is 16.2. The first kappa shape index (κ1) is 19.6. The molecule has 1 saturated heterocycles. The Labute approximate surface area is 160 Å². The summed E-state index contributed by atoms with van der Waals surface area (Å²) in [4.78, 5) is 29.1. The third kappa shape index (κ3) is 4.42. The normalized spacial score (nSPS) is 22.6. The first-order valence-electron chi connectivity index (χ1n) is 9.46. The van der Waals surface area contributed by atoms with Crippen molar-refractivity contribution in [1.82, 2.24) is 9.80 Å². The summed E-state index contributed by atoms with van der Waals surface area (Å²) in [7, 11) is 3.35. The first-order valence-corrected chi connectivity index (χ1v) is 9.46. The molecule has 7 heteroatoms. The average molecular weight is 376 g/mol. The zero-order valence-electron chi connectivity index (χ0n) is 16.2. The molecule has 0 N–H and O–H groups in total. The highest BCUT2D eigenvalue weighted by Crippen LogP contribution is 2.40. The maximum Gasteiger partial charge on any atom is 0.254 e. The number of carbonyl (C=O) groups excluding carboxylic acids is 2. The predicted molar refractivity (Wildman–Crippen MR) is 99.5 cm³/mol. The van der Waals surface area contributed by atoms with Crippen LogP contribution in [0.5, 0.6) is 5.75 Å². The Kier molecular flexibility index (Phi) is 6.34. The second-order valence-electron chi connectivity index (χ2n) is 6.94. The van der Waals surface area contributed by atoms with Crippen molar-refractivity contribution in [3.63, 3.8) is 0 Å². The van der Waals surface area contributed by atoms with E-state index >= 15 is 0 Å². The van der Waals surface area contributed by atoms with Gasteiger partial charge in [-0.05, 0) is 37.5 Å². The van der Waals surface area contributed by atoms with E-state index in [0.29, 0.717) is 19.8 Å². The van der Waals surface area contributed by atoms with E-state index in [2.05, 4.69) is 0 Å². The maximum absolute atomic E-state index is 13.1. The van der Waals surface area contributed by atoms with Crippen LogP contribution >= 0.6 is 0 Å². The summed E-state index contributed by atoms with van der Waals surface area (Å²) < 4.78 is 16.3. The summed E-state index contributed by atoms with van der Waals surface area (Å²) in [6, 6.07) is 7.27. The van der Waals surface area contributed by atoms with Crippen molar-refractivity contribution >= 4 is 11.8 Å². The van der Waals surface area contributed by atoms with Crippen molar-refractivity contribution in [3.05, 3.63) is 29.8 Å². The van der Waals surface area contributed by atoms with E-state index in [-0.39, 0.29) is 24.5 Å². The molecule has 1 saturated carbocycles. The van der Waals surface area contributed by atoms with Gasteiger partial charge in [-0.2, -0.15) is 0 Å². The van der Waals surface area contributed by atoms with Gasteiger partial charge in [-0.3, -0.25) is 9.59 Å². The summed E-state index contributed by atoms with van der Waals surface area (Å²) in [6.45, 7) is 3.44. The summed E-state index contributed by atoms with van der Waals surface area (Å²) in [5.41, 5.74) is 0.882. The smallest absolute Gasteiger partial charge is 0.254 e. The molecule has 3 rings (SSSR count). The Morgan fingerprint density at radius 3 is 2.59 bits per heavy atom. The fourth-order valence-electron chi connectivity index (χ4n) is 3.43. The summed E-state index contributed by atoms with van der Waals surface area (Å²) >= 11 is 0. The number of morpholine rings is 1. The minimum atomic E-state index is -0.719. The van der Waals surface area contributed by atoms with E-state index < -0.39 is 12.1 Å². The minimum absolute atomic E-state index is 0.0562. The van der Waals surface area contributed by atoms with Crippen molar-refractivity contribution in [2.24, 2.45) is 0 Å². The number of rotatable bonds is 8. The fraction of sp³-hybridized carbons (Fsp3) is 0.600. The molecule has 0 radical (unpaired) electrons. The summed E-state index contributed by atoms with van der Waals surface area (Å²) in [5, 5.41) is 0. The molecule has 2 atom stereocenters. The van der Waals surface area contributed by atoms with Crippen LogP contribution < -0.4 is 4.74 Å². The topological polar surface area (TPSA) is 68.3 Å². The highest BCUT2D eigenvalue weighted by molar-refractivity contribution is 5.86. The summed E-state index contributed by atoms with van der Waals surface area (Å²) in [6.07, 6.45) is 1.22. The van der Waals surface area contributed by atoms with Crippen molar-refractivity contribution in [1.29, 1.82) is 0 Å². The SMILES string of the molecule is CCOCCN(C)C(=O)C1OCC(=O)N(C2CC2)C1c1ccc(OC)cc1. The predicted octanol–water partition coefficient (Wildman–Crippen LogP) is 1.62. The number of carbonyl (C=O) groups is 2. The standard InChI is InChI=1S/C20H28N2O5/c1-4-26-12-11-21(2)20(24)19-18(14-5-9-16(25-3)10-6-14)22(15-7-8-15)17(23)13-27-19/h5-6,9-10,15,18-19H,4,7-8,11-13H2,1-3H3. The Hall–Kier alpha value is -2.12. The number of methoxy groups -OCH3 is 1. The molecule has 1 aromatic rings. The third-order valence-corrected chi connectivity index (χ3v) is 5.05. The van der Waals surface area contributed by atoms with Crippen LogP contribution in [0.2, 0.25) is 0 Å². The van der Waals surface area contributed by atoms with E-state index in [9.17, 15) is 9.59 Å². The van der Waals surface area contributed by atoms with Gasteiger partial charge >= 0.3 is 0 Å². The van der Waals surface area contributed by atoms with Crippen LogP contribution in [0, 0.1) is 0 Å². The lowest BCUT2D eigenvalue weighted by atomic mass is 9.96. The number of benzene rings is 1. The van der Waals surface area contributed by atoms with Gasteiger partial charge in [0, 0.05) is 26.2 Å². The van der Waals surface area contributed by atoms with Gasteiger partial charge in [0.25, 0.3) is 5.91 Å². The minimum Gasteiger partial charge on any atom is -0.497 e. The zero-order chi connectivity index (χ0) is 19.4. The van der Waals surface area contributed by atoms with Gasteiger partial charge in [-0.1, -0.05) is 12.1 Å². The van der Waals surface area contributed by atoms with Gasteiger partial charge in [0.05, 0.1) is 19.8 Å². The van der Waals surface area contributed by atoms with Crippen LogP contribution in [0.15, 0.2) is 24.3 Å². The molecule has 2 aliphatic rings. The van der Waals surface area contributed by atoms with E-state index in [1.54, 1.807) is 19.1 Å². The van der Waals surface area contributed by atoms with E-state index in [1.807, 2.05) is 36.1 Å². The molecule has 1 heterocycles. The van der Waals surface area contributed by atoms with Crippen molar-refractivity contribution in [2.45, 2.75) is 38.0 Å². The molecule has 27 heavy (non-hydrogen) atoms. The fourth-order valence-corrected chi connectivity index (χ4v) is 3.43. The van der Waals surface area contributed by atoms with Gasteiger partial charge in [0.15, 0.2) is 6.10 Å². The second-order valence-corrected chi connectivity index (χ2v) is 6.94. The first-order chi connectivity index (χ1) is 13.1. The largest absolute Gasteiger partial charge is 0.497 e. The maximum atomic E-state index is 13.1. The highest BCUT2D eigenvalue weighted by Gasteiger charge is 2.48. The van der Waals surface area contributed by atoms with Gasteiger partial charge in [0.2, 0.25) is 5.91 Å². The monoisotopic (exact) mass is 376 g/mol. The Balaban J connectivity index is 1.85. The second kappa shape index (κ2) is 8.71. The Morgan fingerprint density at radius 2 is 2.00 bits per heavy atom. The molecule has 1 aliphatic carbocycles. The van der Waals surface area contributed by atoms with Gasteiger partial charge < -0.3 is 24.0 Å². The van der Waals surface area contributed by atoms with Crippen molar-refractivity contribution in [3.8, 4) is 5.75 Å². The van der Waals surface area contributed by atoms with E-state index in [0.717, 1.165) is 24.2 Å². The molecule has 7 nitrogen and oxygen atoms in total. The van der Waals surface area contributed by atoms with Crippen molar-refractivity contribution < 1.29 is 23.8 Å². The molecule has 1 aromatic carbocycles. The number of hydrogen-bond acceptors (Lipinski definition) is 5. The number of ether oxygens (including phenoxy) is 3. The molecular weight excluding hydrogens is 348 g/mol. The molecule has 0 bridgehead atoms. The third-order valence-electron chi connectivity index (χ3n) is 5.05. The Bertz CT molecular complexity index is 659. The average Bonchev–Trinajstić information content (AvgIpc) is 3.52. The van der Waals surface area contributed by atoms with Crippen LogP contribution in [0.4, 0.5) is 0 Å². The highest BCUT2D eigenvalue weighted by atomic mass is 16.5. The molecular formula is C20H28N2O5. The molecule has 2 unspecified atom stereocenters.